The molecule has 2 bridgehead atoms. The number of piperidine rings is 1. The van der Waals surface area contributed by atoms with Crippen molar-refractivity contribution >= 4 is 22.9 Å². The van der Waals surface area contributed by atoms with Gasteiger partial charge < -0.3 is 16.0 Å². The zero-order valence-electron chi connectivity index (χ0n) is 9.57. The molecule has 6 heteroatoms. The molecule has 3 atom stereocenters. The highest BCUT2D eigenvalue weighted by atomic mass is 32.2. The zero-order chi connectivity index (χ0) is 11.8. The standard InChI is InChI=1S/C11H17N3O2S/c15-10(9-5-17-11(16)14-9)13-8-3-6-1-2-7(4-8)12-6/h6-9,12H,1-5H2,(H,13,15)(H,14,16). The summed E-state index contributed by atoms with van der Waals surface area (Å²) < 4.78 is 0. The van der Waals surface area contributed by atoms with Crippen molar-refractivity contribution in [1.82, 2.24) is 16.0 Å². The van der Waals surface area contributed by atoms with Gasteiger partial charge in [0.2, 0.25) is 5.91 Å². The van der Waals surface area contributed by atoms with Gasteiger partial charge in [0.1, 0.15) is 6.04 Å². The number of carbonyl (C=O) groups excluding carboxylic acids is 2. The first-order chi connectivity index (χ1) is 8.20. The SMILES string of the molecule is O=C1NC(C(=O)NC2CC3CCC(C2)N3)CS1. The molecule has 0 saturated carbocycles. The summed E-state index contributed by atoms with van der Waals surface area (Å²) in [5.41, 5.74) is 0. The second-order valence-electron chi connectivity index (χ2n) is 5.11. The summed E-state index contributed by atoms with van der Waals surface area (Å²) in [4.78, 5) is 23.0. The molecular weight excluding hydrogens is 238 g/mol. The molecule has 3 N–H and O–H groups in total. The Morgan fingerprint density at radius 1 is 1.29 bits per heavy atom. The topological polar surface area (TPSA) is 70.2 Å². The summed E-state index contributed by atoms with van der Waals surface area (Å²) in [6, 6.07) is 1.10. The molecule has 17 heavy (non-hydrogen) atoms. The Kier molecular flexibility index (Phi) is 3.00. The minimum Gasteiger partial charge on any atom is -0.351 e. The molecular formula is C11H17N3O2S. The van der Waals surface area contributed by atoms with E-state index in [1.807, 2.05) is 0 Å². The predicted octanol–water partition coefficient (Wildman–Crippen LogP) is 0.211. The van der Waals surface area contributed by atoms with Gasteiger partial charge >= 0.3 is 0 Å². The molecule has 3 aliphatic rings. The lowest BCUT2D eigenvalue weighted by atomic mass is 9.99. The lowest BCUT2D eigenvalue weighted by Crippen LogP contribution is -2.52. The van der Waals surface area contributed by atoms with E-state index in [1.165, 1.54) is 24.6 Å². The normalized spacial score (nSPS) is 40.1. The summed E-state index contributed by atoms with van der Waals surface area (Å²) in [6.07, 6.45) is 4.51. The molecule has 94 valence electrons. The van der Waals surface area contributed by atoms with Crippen LogP contribution >= 0.6 is 11.8 Å². The van der Waals surface area contributed by atoms with Gasteiger partial charge in [-0.25, -0.2) is 0 Å². The van der Waals surface area contributed by atoms with Crippen molar-refractivity contribution in [3.63, 3.8) is 0 Å². The van der Waals surface area contributed by atoms with E-state index in [2.05, 4.69) is 16.0 Å². The van der Waals surface area contributed by atoms with Crippen LogP contribution in [0.1, 0.15) is 25.7 Å². The van der Waals surface area contributed by atoms with Gasteiger partial charge in [-0.2, -0.15) is 0 Å². The molecule has 2 amide bonds. The summed E-state index contributed by atoms with van der Waals surface area (Å²) >= 11 is 1.19. The number of carbonyl (C=O) groups is 2. The summed E-state index contributed by atoms with van der Waals surface area (Å²) in [6.45, 7) is 0. The van der Waals surface area contributed by atoms with Gasteiger partial charge in [-0.05, 0) is 25.7 Å². The fraction of sp³-hybridized carbons (Fsp3) is 0.818. The fourth-order valence-electron chi connectivity index (χ4n) is 3.00. The minimum absolute atomic E-state index is 0.0188. The average molecular weight is 255 g/mol. The van der Waals surface area contributed by atoms with Crippen LogP contribution in [0.3, 0.4) is 0 Å². The summed E-state index contributed by atoms with van der Waals surface area (Å²) in [5, 5.41) is 9.21. The smallest absolute Gasteiger partial charge is 0.279 e. The number of rotatable bonds is 2. The van der Waals surface area contributed by atoms with Gasteiger partial charge in [0, 0.05) is 23.9 Å². The molecule has 0 aromatic heterocycles. The second-order valence-corrected chi connectivity index (χ2v) is 6.10. The van der Waals surface area contributed by atoms with Gasteiger partial charge in [0.15, 0.2) is 0 Å². The lowest BCUT2D eigenvalue weighted by Gasteiger charge is -2.30. The molecule has 3 rings (SSSR count). The van der Waals surface area contributed by atoms with Crippen molar-refractivity contribution in [2.75, 3.05) is 5.75 Å². The molecule has 3 fully saturated rings. The quantitative estimate of drug-likeness (QED) is 0.660. The van der Waals surface area contributed by atoms with Crippen molar-refractivity contribution in [2.45, 2.75) is 49.9 Å². The second kappa shape index (κ2) is 4.49. The third kappa shape index (κ3) is 2.42. The van der Waals surface area contributed by atoms with Crippen LogP contribution in [0.4, 0.5) is 4.79 Å². The van der Waals surface area contributed by atoms with Crippen LogP contribution in [0.15, 0.2) is 0 Å². The van der Waals surface area contributed by atoms with Crippen LogP contribution in [-0.2, 0) is 4.79 Å². The van der Waals surface area contributed by atoms with Crippen molar-refractivity contribution in [1.29, 1.82) is 0 Å². The number of nitrogens with one attached hydrogen (secondary N) is 3. The van der Waals surface area contributed by atoms with Crippen LogP contribution in [0, 0.1) is 0 Å². The van der Waals surface area contributed by atoms with Crippen molar-refractivity contribution in [3.05, 3.63) is 0 Å². The van der Waals surface area contributed by atoms with Crippen LogP contribution in [-0.4, -0.2) is 41.1 Å². The molecule has 0 aromatic rings. The maximum atomic E-state index is 11.9. The maximum Gasteiger partial charge on any atom is 0.279 e. The van der Waals surface area contributed by atoms with E-state index in [0.717, 1.165) is 12.8 Å². The van der Waals surface area contributed by atoms with Gasteiger partial charge in [-0.1, -0.05) is 11.8 Å². The third-order valence-electron chi connectivity index (χ3n) is 3.81. The Hall–Kier alpha value is -0.750. The first kappa shape index (κ1) is 11.3. The minimum atomic E-state index is -0.333. The van der Waals surface area contributed by atoms with Gasteiger partial charge in [0.05, 0.1) is 0 Å². The molecule has 5 nitrogen and oxygen atoms in total. The van der Waals surface area contributed by atoms with E-state index >= 15 is 0 Å². The highest BCUT2D eigenvalue weighted by Gasteiger charge is 2.36. The summed E-state index contributed by atoms with van der Waals surface area (Å²) in [7, 11) is 0. The average Bonchev–Trinajstić information content (AvgIpc) is 2.85. The number of hydrogen-bond acceptors (Lipinski definition) is 4. The number of fused-ring (bicyclic) bond motifs is 2. The Balaban J connectivity index is 1.53. The highest BCUT2D eigenvalue weighted by molar-refractivity contribution is 8.14. The van der Waals surface area contributed by atoms with Gasteiger partial charge in [-0.15, -0.1) is 0 Å². The molecule has 0 spiro atoms. The van der Waals surface area contributed by atoms with Crippen LogP contribution in [0.2, 0.25) is 0 Å². The Morgan fingerprint density at radius 2 is 2.00 bits per heavy atom. The predicted molar refractivity (Wildman–Crippen MR) is 65.9 cm³/mol. The Bertz CT molecular complexity index is 338. The largest absolute Gasteiger partial charge is 0.351 e. The molecule has 0 radical (unpaired) electrons. The summed E-state index contributed by atoms with van der Waals surface area (Å²) in [5.74, 6) is 0.539. The Labute approximate surface area is 104 Å². The molecule has 3 aliphatic heterocycles. The van der Waals surface area contributed by atoms with E-state index in [9.17, 15) is 9.59 Å². The van der Waals surface area contributed by atoms with E-state index in [0.29, 0.717) is 17.8 Å². The van der Waals surface area contributed by atoms with Crippen molar-refractivity contribution < 1.29 is 9.59 Å². The van der Waals surface area contributed by atoms with E-state index in [4.69, 9.17) is 0 Å². The van der Waals surface area contributed by atoms with Crippen LogP contribution in [0.25, 0.3) is 0 Å². The van der Waals surface area contributed by atoms with E-state index in [-0.39, 0.29) is 23.2 Å². The molecule has 0 aliphatic carbocycles. The fourth-order valence-corrected chi connectivity index (χ4v) is 3.78. The van der Waals surface area contributed by atoms with Crippen molar-refractivity contribution in [3.8, 4) is 0 Å². The number of hydrogen-bond donors (Lipinski definition) is 3. The maximum absolute atomic E-state index is 11.9. The Morgan fingerprint density at radius 3 is 2.59 bits per heavy atom. The lowest BCUT2D eigenvalue weighted by molar-refractivity contribution is -0.123. The molecule has 3 unspecified atom stereocenters. The highest BCUT2D eigenvalue weighted by Crippen LogP contribution is 2.27. The van der Waals surface area contributed by atoms with Gasteiger partial charge in [0.25, 0.3) is 5.24 Å². The van der Waals surface area contributed by atoms with Crippen molar-refractivity contribution in [2.24, 2.45) is 0 Å². The number of thioether (sulfide) groups is 1. The number of amides is 2. The zero-order valence-corrected chi connectivity index (χ0v) is 10.4. The van der Waals surface area contributed by atoms with Gasteiger partial charge in [-0.3, -0.25) is 9.59 Å². The molecule has 3 heterocycles. The van der Waals surface area contributed by atoms with Crippen LogP contribution in [0.5, 0.6) is 0 Å². The van der Waals surface area contributed by atoms with E-state index < -0.39 is 0 Å². The van der Waals surface area contributed by atoms with E-state index in [1.54, 1.807) is 0 Å². The molecule has 0 aromatic carbocycles. The monoisotopic (exact) mass is 255 g/mol. The first-order valence-corrected chi connectivity index (χ1v) is 7.19. The molecule has 3 saturated heterocycles. The first-order valence-electron chi connectivity index (χ1n) is 6.20. The van der Waals surface area contributed by atoms with Crippen LogP contribution < -0.4 is 16.0 Å². The third-order valence-corrected chi connectivity index (χ3v) is 4.69.